The fourth-order valence-corrected chi connectivity index (χ4v) is 5.37. The summed E-state index contributed by atoms with van der Waals surface area (Å²) in [5.74, 6) is -0.345. The van der Waals surface area contributed by atoms with Gasteiger partial charge in [-0.15, -0.1) is 0 Å². The molecule has 210 valence electrons. The van der Waals surface area contributed by atoms with Gasteiger partial charge in [-0.1, -0.05) is 78.9 Å². The molecule has 41 heavy (non-hydrogen) atoms. The number of halogens is 1. The van der Waals surface area contributed by atoms with Crippen molar-refractivity contribution in [2.45, 2.75) is 31.1 Å². The van der Waals surface area contributed by atoms with Crippen LogP contribution in [-0.2, 0) is 40.8 Å². The highest BCUT2D eigenvalue weighted by atomic mass is 32.2. The quantitative estimate of drug-likeness (QED) is 0.176. The third-order valence-electron chi connectivity index (χ3n) is 6.86. The molecule has 0 aliphatic rings. The summed E-state index contributed by atoms with van der Waals surface area (Å²) in [6.45, 7) is 1.21. The molecule has 6 nitrogen and oxygen atoms in total. The number of rotatable bonds is 11. The molecule has 5 rings (SSSR count). The third kappa shape index (κ3) is 6.73. The fraction of sp³-hybridized carbons (Fsp3) is 0.182. The van der Waals surface area contributed by atoms with E-state index < -0.39 is 15.7 Å². The highest BCUT2D eigenvalue weighted by molar-refractivity contribution is 7.90. The summed E-state index contributed by atoms with van der Waals surface area (Å²) in [5, 5.41) is 5.00. The van der Waals surface area contributed by atoms with Crippen molar-refractivity contribution >= 4 is 9.84 Å². The molecule has 0 amide bonds. The molecular weight excluding hydrogens is 539 g/mol. The van der Waals surface area contributed by atoms with Crippen LogP contribution >= 0.6 is 0 Å². The molecule has 0 radical (unpaired) electrons. The number of aromatic nitrogens is 2. The molecule has 8 heteroatoms. The average Bonchev–Trinajstić information content (AvgIpc) is 3.35. The predicted molar refractivity (Wildman–Crippen MR) is 158 cm³/mol. The zero-order valence-corrected chi connectivity index (χ0v) is 23.8. The van der Waals surface area contributed by atoms with Gasteiger partial charge in [0.25, 0.3) is 0 Å². The first-order valence-electron chi connectivity index (χ1n) is 13.2. The molecule has 0 saturated carbocycles. The van der Waals surface area contributed by atoms with Crippen LogP contribution in [0.5, 0.6) is 5.75 Å². The van der Waals surface area contributed by atoms with Crippen molar-refractivity contribution in [3.05, 3.63) is 126 Å². The number of nitrogens with zero attached hydrogens (tertiary/aromatic N) is 2. The highest BCUT2D eigenvalue weighted by Gasteiger charge is 2.23. The van der Waals surface area contributed by atoms with Crippen molar-refractivity contribution in [1.82, 2.24) is 9.78 Å². The summed E-state index contributed by atoms with van der Waals surface area (Å²) in [4.78, 5) is 0.216. The second kappa shape index (κ2) is 12.5. The summed E-state index contributed by atoms with van der Waals surface area (Å²) in [6.07, 6.45) is 1.91. The van der Waals surface area contributed by atoms with Crippen molar-refractivity contribution in [3.63, 3.8) is 0 Å². The van der Waals surface area contributed by atoms with Crippen LogP contribution in [0.25, 0.3) is 22.4 Å². The smallest absolute Gasteiger partial charge is 0.175 e. The van der Waals surface area contributed by atoms with E-state index in [2.05, 4.69) is 12.1 Å². The number of hydrogen-bond acceptors (Lipinski definition) is 5. The molecule has 0 saturated heterocycles. The minimum absolute atomic E-state index is 0.145. The number of hydrogen-bond donors (Lipinski definition) is 0. The zero-order valence-electron chi connectivity index (χ0n) is 23.0. The number of sulfone groups is 1. The maximum atomic E-state index is 15.0. The number of ether oxygens (including phenoxy) is 2. The van der Waals surface area contributed by atoms with Crippen LogP contribution < -0.4 is 4.74 Å². The van der Waals surface area contributed by atoms with Gasteiger partial charge in [0.05, 0.1) is 30.9 Å². The van der Waals surface area contributed by atoms with Crippen molar-refractivity contribution in [2.24, 2.45) is 0 Å². The first-order valence-corrected chi connectivity index (χ1v) is 15.1. The molecule has 0 spiro atoms. The monoisotopic (exact) mass is 570 g/mol. The topological polar surface area (TPSA) is 70.4 Å². The van der Waals surface area contributed by atoms with Crippen LogP contribution in [0.1, 0.15) is 16.8 Å². The van der Waals surface area contributed by atoms with Gasteiger partial charge in [-0.3, -0.25) is 4.68 Å². The maximum absolute atomic E-state index is 15.0. The van der Waals surface area contributed by atoms with Crippen LogP contribution in [0.4, 0.5) is 4.39 Å². The van der Waals surface area contributed by atoms with E-state index in [4.69, 9.17) is 14.6 Å². The lowest BCUT2D eigenvalue weighted by molar-refractivity contribution is 0.101. The lowest BCUT2D eigenvalue weighted by Crippen LogP contribution is -2.09. The lowest BCUT2D eigenvalue weighted by atomic mass is 9.98. The van der Waals surface area contributed by atoms with E-state index in [-0.39, 0.29) is 17.3 Å². The molecule has 5 aromatic rings. The van der Waals surface area contributed by atoms with Gasteiger partial charge in [-0.05, 0) is 47.4 Å². The molecule has 0 N–H and O–H groups in total. The van der Waals surface area contributed by atoms with E-state index in [1.54, 1.807) is 36.4 Å². The average molecular weight is 571 g/mol. The van der Waals surface area contributed by atoms with Crippen LogP contribution in [0, 0.1) is 5.82 Å². The Hall–Kier alpha value is -4.27. The normalized spacial score (nSPS) is 11.5. The summed E-state index contributed by atoms with van der Waals surface area (Å²) in [6, 6.07) is 31.5. The Morgan fingerprint density at radius 2 is 1.44 bits per heavy atom. The Bertz CT molecular complexity index is 1720. The van der Waals surface area contributed by atoms with Crippen molar-refractivity contribution < 1.29 is 22.3 Å². The van der Waals surface area contributed by atoms with Gasteiger partial charge in [0.2, 0.25) is 0 Å². The van der Waals surface area contributed by atoms with Gasteiger partial charge >= 0.3 is 0 Å². The number of benzene rings is 4. The number of aryl methyl sites for hydroxylation is 2. The first-order chi connectivity index (χ1) is 19.8. The molecular formula is C33H31FN2O4S. The molecule has 1 aromatic heterocycles. The molecule has 4 aromatic carbocycles. The summed E-state index contributed by atoms with van der Waals surface area (Å²) in [5.41, 5.74) is 5.66. The van der Waals surface area contributed by atoms with Crippen LogP contribution in [-0.4, -0.2) is 31.6 Å². The van der Waals surface area contributed by atoms with Crippen molar-refractivity contribution in [3.8, 4) is 28.1 Å². The van der Waals surface area contributed by atoms with E-state index in [0.29, 0.717) is 30.0 Å². The minimum Gasteiger partial charge on any atom is -0.494 e. The summed E-state index contributed by atoms with van der Waals surface area (Å²) in [7, 11) is -1.94. The molecule has 0 aliphatic carbocycles. The molecule has 1 heterocycles. The van der Waals surface area contributed by atoms with Gasteiger partial charge in [0, 0.05) is 23.9 Å². The molecule has 0 bridgehead atoms. The largest absolute Gasteiger partial charge is 0.494 e. The zero-order chi connectivity index (χ0) is 28.8. The first kappa shape index (κ1) is 28.3. The van der Waals surface area contributed by atoms with Crippen molar-refractivity contribution in [1.29, 1.82) is 0 Å². The second-order valence-electron chi connectivity index (χ2n) is 9.75. The molecule has 0 fully saturated rings. The fourth-order valence-electron chi connectivity index (χ4n) is 4.74. The number of methoxy groups -OCH3 is 1. The Labute approximate surface area is 239 Å². The van der Waals surface area contributed by atoms with Crippen LogP contribution in [0.3, 0.4) is 0 Å². The van der Waals surface area contributed by atoms with E-state index in [9.17, 15) is 12.8 Å². The van der Waals surface area contributed by atoms with Crippen molar-refractivity contribution in [2.75, 3.05) is 13.4 Å². The molecule has 0 unspecified atom stereocenters. The molecule has 0 aliphatic heterocycles. The standard InChI is InChI=1S/C33H31FN2O4S/c1-39-31-18-15-27(21-29(31)34)32-30(23-40-22-25-11-7-4-8-12-25)36(20-19-24-9-5-3-6-10-24)35-33(32)26-13-16-28(17-14-26)41(2,37)38/h3-18,21H,19-20,22-23H2,1-2H3. The Kier molecular flexibility index (Phi) is 8.61. The highest BCUT2D eigenvalue weighted by Crippen LogP contribution is 2.37. The van der Waals surface area contributed by atoms with E-state index in [1.165, 1.54) is 19.4 Å². The van der Waals surface area contributed by atoms with Gasteiger partial charge in [0.15, 0.2) is 21.4 Å². The lowest BCUT2D eigenvalue weighted by Gasteiger charge is -2.12. The van der Waals surface area contributed by atoms with E-state index in [0.717, 1.165) is 28.8 Å². The maximum Gasteiger partial charge on any atom is 0.175 e. The minimum atomic E-state index is -3.37. The van der Waals surface area contributed by atoms with E-state index in [1.807, 2.05) is 53.2 Å². The third-order valence-corrected chi connectivity index (χ3v) is 7.99. The Morgan fingerprint density at radius 3 is 2.05 bits per heavy atom. The van der Waals surface area contributed by atoms with Gasteiger partial charge in [-0.25, -0.2) is 12.8 Å². The summed E-state index contributed by atoms with van der Waals surface area (Å²) >= 11 is 0. The Balaban J connectivity index is 1.61. The summed E-state index contributed by atoms with van der Waals surface area (Å²) < 4.78 is 52.4. The SMILES string of the molecule is COc1ccc(-c2c(-c3ccc(S(C)(=O)=O)cc3)nn(CCc3ccccc3)c2COCc2ccccc2)cc1F. The second-order valence-corrected chi connectivity index (χ2v) is 11.8. The van der Waals surface area contributed by atoms with Crippen LogP contribution in [0.2, 0.25) is 0 Å². The van der Waals surface area contributed by atoms with Crippen LogP contribution in [0.15, 0.2) is 108 Å². The molecule has 0 atom stereocenters. The van der Waals surface area contributed by atoms with E-state index >= 15 is 0 Å². The van der Waals surface area contributed by atoms with Gasteiger partial charge in [-0.2, -0.15) is 5.10 Å². The Morgan fingerprint density at radius 1 is 0.805 bits per heavy atom. The predicted octanol–water partition coefficient (Wildman–Crippen LogP) is 6.73. The van der Waals surface area contributed by atoms with Gasteiger partial charge in [0.1, 0.15) is 5.69 Å². The van der Waals surface area contributed by atoms with Gasteiger partial charge < -0.3 is 9.47 Å².